The molecule has 2 aromatic carbocycles. The third-order valence-corrected chi connectivity index (χ3v) is 5.24. The highest BCUT2D eigenvalue weighted by atomic mass is 16.2. The third-order valence-electron chi connectivity index (χ3n) is 5.24. The van der Waals surface area contributed by atoms with Crippen LogP contribution in [0.15, 0.2) is 54.6 Å². The molecule has 1 aliphatic heterocycles. The van der Waals surface area contributed by atoms with Crippen molar-refractivity contribution in [3.05, 3.63) is 71.5 Å². The number of anilines is 2. The van der Waals surface area contributed by atoms with Gasteiger partial charge in [0.05, 0.1) is 22.6 Å². The summed E-state index contributed by atoms with van der Waals surface area (Å²) in [5.74, 6) is -1.26. The van der Waals surface area contributed by atoms with Crippen LogP contribution in [0.4, 0.5) is 11.4 Å². The van der Waals surface area contributed by atoms with Crippen molar-refractivity contribution in [1.82, 2.24) is 9.78 Å². The first-order chi connectivity index (χ1) is 14.5. The highest BCUT2D eigenvalue weighted by Crippen LogP contribution is 2.24. The van der Waals surface area contributed by atoms with Crippen molar-refractivity contribution in [3.8, 4) is 5.69 Å². The van der Waals surface area contributed by atoms with E-state index < -0.39 is 11.7 Å². The molecule has 7 nitrogen and oxygen atoms in total. The van der Waals surface area contributed by atoms with Crippen molar-refractivity contribution >= 4 is 29.0 Å². The smallest absolute Gasteiger partial charge is 0.296 e. The number of hydrogen-bond acceptors (Lipinski definition) is 4. The van der Waals surface area contributed by atoms with Crippen LogP contribution in [0.5, 0.6) is 0 Å². The number of nitrogens with one attached hydrogen (secondary N) is 1. The molecule has 0 saturated carbocycles. The van der Waals surface area contributed by atoms with E-state index in [1.807, 2.05) is 30.3 Å². The fourth-order valence-corrected chi connectivity index (χ4v) is 3.74. The minimum Gasteiger partial charge on any atom is -0.319 e. The molecule has 0 spiro atoms. The molecule has 3 aromatic rings. The second kappa shape index (κ2) is 7.94. The SMILES string of the molecule is Cc1nn(-c2ccccc2)c(C)c1C(=O)C(=O)Nc1ccc(N2CCCC2=O)cc1. The topological polar surface area (TPSA) is 84.3 Å². The summed E-state index contributed by atoms with van der Waals surface area (Å²) in [4.78, 5) is 39.0. The van der Waals surface area contributed by atoms with Gasteiger partial charge in [0.15, 0.2) is 0 Å². The van der Waals surface area contributed by atoms with Gasteiger partial charge in [-0.3, -0.25) is 14.4 Å². The lowest BCUT2D eigenvalue weighted by Crippen LogP contribution is -2.25. The average Bonchev–Trinajstić information content (AvgIpc) is 3.31. The van der Waals surface area contributed by atoms with Gasteiger partial charge in [0, 0.05) is 24.3 Å². The molecule has 1 saturated heterocycles. The number of carbonyl (C=O) groups is 3. The molecule has 0 aliphatic carbocycles. The Morgan fingerprint density at radius 2 is 1.67 bits per heavy atom. The molecule has 1 aromatic heterocycles. The molecule has 4 rings (SSSR count). The number of aryl methyl sites for hydroxylation is 1. The van der Waals surface area contributed by atoms with Crippen LogP contribution in [-0.2, 0) is 9.59 Å². The fourth-order valence-electron chi connectivity index (χ4n) is 3.74. The molecule has 152 valence electrons. The van der Waals surface area contributed by atoms with Crippen LogP contribution < -0.4 is 10.2 Å². The highest BCUT2D eigenvalue weighted by molar-refractivity contribution is 6.47. The zero-order valence-corrected chi connectivity index (χ0v) is 16.9. The van der Waals surface area contributed by atoms with Gasteiger partial charge in [-0.25, -0.2) is 4.68 Å². The Labute approximate surface area is 174 Å². The van der Waals surface area contributed by atoms with Gasteiger partial charge in [-0.05, 0) is 56.7 Å². The third kappa shape index (κ3) is 3.61. The maximum atomic E-state index is 12.8. The maximum absolute atomic E-state index is 12.8. The van der Waals surface area contributed by atoms with E-state index in [9.17, 15) is 14.4 Å². The number of para-hydroxylation sites is 1. The summed E-state index contributed by atoms with van der Waals surface area (Å²) in [6, 6.07) is 16.4. The molecule has 1 fully saturated rings. The first-order valence-corrected chi connectivity index (χ1v) is 9.83. The zero-order chi connectivity index (χ0) is 21.3. The number of ketones is 1. The lowest BCUT2D eigenvalue weighted by molar-refractivity contribution is -0.117. The van der Waals surface area contributed by atoms with E-state index in [2.05, 4.69) is 10.4 Å². The lowest BCUT2D eigenvalue weighted by Gasteiger charge is -2.16. The van der Waals surface area contributed by atoms with Gasteiger partial charge in [-0.1, -0.05) is 18.2 Å². The Kier molecular flexibility index (Phi) is 5.18. The number of amides is 2. The van der Waals surface area contributed by atoms with Crippen LogP contribution in [0.3, 0.4) is 0 Å². The second-order valence-corrected chi connectivity index (χ2v) is 7.27. The van der Waals surface area contributed by atoms with E-state index >= 15 is 0 Å². The molecule has 0 atom stereocenters. The summed E-state index contributed by atoms with van der Waals surface area (Å²) in [6.45, 7) is 4.19. The van der Waals surface area contributed by atoms with Gasteiger partial charge in [0.25, 0.3) is 11.7 Å². The second-order valence-electron chi connectivity index (χ2n) is 7.27. The van der Waals surface area contributed by atoms with Gasteiger partial charge in [0.2, 0.25) is 5.91 Å². The summed E-state index contributed by atoms with van der Waals surface area (Å²) < 4.78 is 1.66. The van der Waals surface area contributed by atoms with E-state index in [1.165, 1.54) is 0 Å². The van der Waals surface area contributed by atoms with Crippen LogP contribution >= 0.6 is 0 Å². The molecule has 1 N–H and O–H groups in total. The number of carbonyl (C=O) groups excluding carboxylic acids is 3. The zero-order valence-electron chi connectivity index (χ0n) is 16.9. The molecular weight excluding hydrogens is 380 g/mol. The van der Waals surface area contributed by atoms with E-state index in [0.29, 0.717) is 35.6 Å². The number of rotatable bonds is 5. The van der Waals surface area contributed by atoms with Crippen molar-refractivity contribution < 1.29 is 14.4 Å². The molecule has 7 heteroatoms. The fraction of sp³-hybridized carbons (Fsp3) is 0.217. The van der Waals surface area contributed by atoms with Crippen molar-refractivity contribution in [1.29, 1.82) is 0 Å². The maximum Gasteiger partial charge on any atom is 0.296 e. The largest absolute Gasteiger partial charge is 0.319 e. The quantitative estimate of drug-likeness (QED) is 0.523. The number of Topliss-reactive ketones (excluding diaryl/α,β-unsaturated/α-hetero) is 1. The summed E-state index contributed by atoms with van der Waals surface area (Å²) in [6.07, 6.45) is 1.41. The summed E-state index contributed by atoms with van der Waals surface area (Å²) in [7, 11) is 0. The molecular formula is C23H22N4O3. The van der Waals surface area contributed by atoms with Crippen molar-refractivity contribution in [2.75, 3.05) is 16.8 Å². The van der Waals surface area contributed by atoms with E-state index in [-0.39, 0.29) is 5.91 Å². The van der Waals surface area contributed by atoms with Gasteiger partial charge in [0.1, 0.15) is 0 Å². The molecule has 2 heterocycles. The molecule has 30 heavy (non-hydrogen) atoms. The minimum atomic E-state index is -0.723. The van der Waals surface area contributed by atoms with Gasteiger partial charge >= 0.3 is 0 Å². The monoisotopic (exact) mass is 402 g/mol. The molecule has 1 aliphatic rings. The molecule has 2 amide bonds. The Morgan fingerprint density at radius 1 is 0.967 bits per heavy atom. The van der Waals surface area contributed by atoms with Crippen LogP contribution in [0, 0.1) is 13.8 Å². The van der Waals surface area contributed by atoms with E-state index in [1.54, 1.807) is 47.7 Å². The first kappa shape index (κ1) is 19.6. The average molecular weight is 402 g/mol. The van der Waals surface area contributed by atoms with E-state index in [0.717, 1.165) is 17.8 Å². The van der Waals surface area contributed by atoms with Crippen molar-refractivity contribution in [3.63, 3.8) is 0 Å². The first-order valence-electron chi connectivity index (χ1n) is 9.83. The van der Waals surface area contributed by atoms with E-state index in [4.69, 9.17) is 0 Å². The number of nitrogens with zero attached hydrogens (tertiary/aromatic N) is 3. The van der Waals surface area contributed by atoms with Crippen LogP contribution in [0.2, 0.25) is 0 Å². The van der Waals surface area contributed by atoms with Crippen LogP contribution in [0.25, 0.3) is 5.69 Å². The predicted molar refractivity (Wildman–Crippen MR) is 114 cm³/mol. The van der Waals surface area contributed by atoms with Gasteiger partial charge in [-0.2, -0.15) is 5.10 Å². The normalized spacial score (nSPS) is 13.5. The number of aromatic nitrogens is 2. The Hall–Kier alpha value is -3.74. The van der Waals surface area contributed by atoms with Crippen molar-refractivity contribution in [2.45, 2.75) is 26.7 Å². The summed E-state index contributed by atoms with van der Waals surface area (Å²) >= 11 is 0. The number of benzene rings is 2. The highest BCUT2D eigenvalue weighted by Gasteiger charge is 2.25. The lowest BCUT2D eigenvalue weighted by atomic mass is 10.1. The van der Waals surface area contributed by atoms with Gasteiger partial charge < -0.3 is 10.2 Å². The molecule has 0 radical (unpaired) electrons. The van der Waals surface area contributed by atoms with Crippen molar-refractivity contribution in [2.24, 2.45) is 0 Å². The number of hydrogen-bond donors (Lipinski definition) is 1. The minimum absolute atomic E-state index is 0.100. The summed E-state index contributed by atoms with van der Waals surface area (Å²) in [5.41, 5.74) is 3.52. The van der Waals surface area contributed by atoms with Crippen LogP contribution in [-0.4, -0.2) is 33.9 Å². The molecule has 0 unspecified atom stereocenters. The molecule has 0 bridgehead atoms. The standard InChI is InChI=1S/C23H22N4O3/c1-15-21(16(2)27(25-15)19-7-4-3-5-8-19)22(29)23(30)24-17-10-12-18(13-11-17)26-14-6-9-20(26)28/h3-5,7-8,10-13H,6,9,14H2,1-2H3,(H,24,30). The Morgan fingerprint density at radius 3 is 2.30 bits per heavy atom. The summed E-state index contributed by atoms with van der Waals surface area (Å²) in [5, 5.41) is 7.08. The Bertz CT molecular complexity index is 1120. The predicted octanol–water partition coefficient (Wildman–Crippen LogP) is 3.44. The van der Waals surface area contributed by atoms with Crippen LogP contribution in [0.1, 0.15) is 34.6 Å². The Balaban J connectivity index is 1.51. The van der Waals surface area contributed by atoms with Gasteiger partial charge in [-0.15, -0.1) is 0 Å².